The van der Waals surface area contributed by atoms with Gasteiger partial charge in [-0.15, -0.1) is 0 Å². The summed E-state index contributed by atoms with van der Waals surface area (Å²) < 4.78 is 0. The van der Waals surface area contributed by atoms with Crippen LogP contribution in [0.3, 0.4) is 0 Å². The van der Waals surface area contributed by atoms with Crippen LogP contribution in [0.15, 0.2) is 212 Å². The molecule has 7 aromatic rings. The molecule has 7 aromatic carbocycles. The first-order chi connectivity index (χ1) is 24.8. The van der Waals surface area contributed by atoms with E-state index >= 15 is 0 Å². The van der Waals surface area contributed by atoms with Crippen molar-refractivity contribution in [3.8, 4) is 33.4 Å². The lowest BCUT2D eigenvalue weighted by Crippen LogP contribution is -2.22. The highest BCUT2D eigenvalue weighted by molar-refractivity contribution is 5.94. The molecule has 1 heteroatoms. The summed E-state index contributed by atoms with van der Waals surface area (Å²) in [6.07, 6.45) is 11.3. The van der Waals surface area contributed by atoms with Crippen LogP contribution in [-0.2, 0) is 5.41 Å². The van der Waals surface area contributed by atoms with Crippen molar-refractivity contribution in [1.29, 1.82) is 0 Å². The van der Waals surface area contributed by atoms with Crippen molar-refractivity contribution in [1.82, 2.24) is 0 Å². The molecule has 0 bridgehead atoms. The molecule has 1 spiro atoms. The lowest BCUT2D eigenvalue weighted by Gasteiger charge is -2.27. The van der Waals surface area contributed by atoms with Gasteiger partial charge < -0.3 is 4.90 Å². The van der Waals surface area contributed by atoms with Gasteiger partial charge in [0.2, 0.25) is 0 Å². The van der Waals surface area contributed by atoms with Crippen LogP contribution in [0.25, 0.3) is 39.0 Å². The summed E-state index contributed by atoms with van der Waals surface area (Å²) in [5.74, 6) is 0. The van der Waals surface area contributed by atoms with Crippen molar-refractivity contribution < 1.29 is 0 Å². The zero-order valence-electron chi connectivity index (χ0n) is 27.7. The lowest BCUT2D eigenvalue weighted by atomic mass is 9.74. The smallest absolute Gasteiger partial charge is 0.0659 e. The monoisotopic (exact) mass is 637 g/mol. The average molecular weight is 638 g/mol. The second kappa shape index (κ2) is 12.5. The largest absolute Gasteiger partial charge is 0.317 e. The van der Waals surface area contributed by atoms with Crippen molar-refractivity contribution >= 4 is 16.9 Å². The van der Waals surface area contributed by atoms with Crippen LogP contribution in [0.5, 0.6) is 0 Å². The first-order valence-electron chi connectivity index (χ1n) is 17.3. The maximum atomic E-state index is 2.48. The molecule has 0 radical (unpaired) electrons. The number of allylic oxidation sites excluding steroid dienone is 5. The molecule has 236 valence electrons. The van der Waals surface area contributed by atoms with E-state index in [0.717, 1.165) is 11.4 Å². The van der Waals surface area contributed by atoms with Crippen LogP contribution < -0.4 is 4.90 Å². The van der Waals surface area contributed by atoms with E-state index < -0.39 is 0 Å². The molecule has 0 aromatic heterocycles. The van der Waals surface area contributed by atoms with Crippen molar-refractivity contribution in [3.05, 3.63) is 235 Å². The molecule has 0 fully saturated rings. The van der Waals surface area contributed by atoms with Crippen LogP contribution in [0, 0.1) is 0 Å². The van der Waals surface area contributed by atoms with Crippen LogP contribution >= 0.6 is 0 Å². The molecule has 0 aliphatic heterocycles. The minimum absolute atomic E-state index is 0.291. The predicted octanol–water partition coefficient (Wildman–Crippen LogP) is 12.6. The van der Waals surface area contributed by atoms with Gasteiger partial charge in [0, 0.05) is 17.6 Å². The molecular formula is C49H35N. The van der Waals surface area contributed by atoms with Crippen LogP contribution in [-0.4, -0.2) is 0 Å². The minimum Gasteiger partial charge on any atom is -0.317 e. The third kappa shape index (κ3) is 5.03. The van der Waals surface area contributed by atoms with Gasteiger partial charge in [-0.1, -0.05) is 176 Å². The number of rotatable bonds is 7. The molecule has 2 aliphatic rings. The van der Waals surface area contributed by atoms with Gasteiger partial charge in [0.05, 0.1) is 5.41 Å². The Morgan fingerprint density at radius 3 is 1.26 bits per heavy atom. The highest BCUT2D eigenvalue weighted by Gasteiger charge is 2.47. The summed E-state index contributed by atoms with van der Waals surface area (Å²) in [4.78, 5) is 2.26. The van der Waals surface area contributed by atoms with E-state index in [2.05, 4.69) is 217 Å². The lowest BCUT2D eigenvalue weighted by molar-refractivity contribution is 0.821. The average Bonchev–Trinajstić information content (AvgIpc) is 3.68. The molecule has 0 amide bonds. The van der Waals surface area contributed by atoms with Gasteiger partial charge in [0.15, 0.2) is 0 Å². The second-order valence-corrected chi connectivity index (χ2v) is 12.9. The van der Waals surface area contributed by atoms with Gasteiger partial charge in [-0.3, -0.25) is 0 Å². The van der Waals surface area contributed by atoms with E-state index in [0.29, 0.717) is 0 Å². The standard InChI is InChI=1S/C49H35N/c1-3-15-36(16-4-1)38-26-30-41(31-27-38)50(42-32-28-39(29-33-42)37-17-5-2-6-18-37)34-14-13-19-40-35-49(46-23-10-7-20-43(40)46)47-24-11-8-21-44(47)45-22-9-12-25-48(45)49/h1-35H/b19-13-,34-14+. The van der Waals surface area contributed by atoms with Gasteiger partial charge in [-0.05, 0) is 91.5 Å². The van der Waals surface area contributed by atoms with Crippen molar-refractivity contribution in [2.24, 2.45) is 0 Å². The predicted molar refractivity (Wildman–Crippen MR) is 210 cm³/mol. The molecule has 0 heterocycles. The summed E-state index contributed by atoms with van der Waals surface area (Å²) >= 11 is 0. The maximum absolute atomic E-state index is 2.48. The number of benzene rings is 7. The number of hydrogen-bond acceptors (Lipinski definition) is 1. The van der Waals surface area contributed by atoms with E-state index in [9.17, 15) is 0 Å². The fourth-order valence-corrected chi connectivity index (χ4v) is 7.83. The van der Waals surface area contributed by atoms with E-state index in [1.54, 1.807) is 0 Å². The normalized spacial score (nSPS) is 13.7. The summed E-state index contributed by atoms with van der Waals surface area (Å²) in [5, 5.41) is 0. The van der Waals surface area contributed by atoms with Gasteiger partial charge in [-0.25, -0.2) is 0 Å². The fraction of sp³-hybridized carbons (Fsp3) is 0.0204. The topological polar surface area (TPSA) is 3.24 Å². The van der Waals surface area contributed by atoms with E-state index in [1.807, 2.05) is 0 Å². The molecule has 0 saturated heterocycles. The summed E-state index contributed by atoms with van der Waals surface area (Å²) in [6.45, 7) is 0. The van der Waals surface area contributed by atoms with Gasteiger partial charge >= 0.3 is 0 Å². The van der Waals surface area contributed by atoms with Gasteiger partial charge in [-0.2, -0.15) is 0 Å². The number of fused-ring (bicyclic) bond motifs is 7. The zero-order valence-corrected chi connectivity index (χ0v) is 27.7. The summed E-state index contributed by atoms with van der Waals surface area (Å²) in [5.41, 5.74) is 16.0. The second-order valence-electron chi connectivity index (χ2n) is 12.9. The summed E-state index contributed by atoms with van der Waals surface area (Å²) in [6, 6.07) is 65.4. The SMILES string of the molecule is C1=C(/C=C\C=C\N(c2ccc(-c3ccccc3)cc2)c2ccc(-c3ccccc3)cc2)c2ccccc2C12c1ccccc1-c1ccccc12. The Labute approximate surface area is 294 Å². The Morgan fingerprint density at radius 2 is 0.760 bits per heavy atom. The Balaban J connectivity index is 1.08. The van der Waals surface area contributed by atoms with Crippen molar-refractivity contribution in [2.75, 3.05) is 4.90 Å². The minimum atomic E-state index is -0.291. The fourth-order valence-electron chi connectivity index (χ4n) is 7.83. The highest BCUT2D eigenvalue weighted by atomic mass is 15.1. The number of hydrogen-bond donors (Lipinski definition) is 0. The summed E-state index contributed by atoms with van der Waals surface area (Å²) in [7, 11) is 0. The Bertz CT molecular complexity index is 2270. The third-order valence-corrected chi connectivity index (χ3v) is 10.2. The maximum Gasteiger partial charge on any atom is 0.0659 e. The molecule has 0 saturated carbocycles. The molecule has 0 unspecified atom stereocenters. The third-order valence-electron chi connectivity index (χ3n) is 10.2. The quantitative estimate of drug-likeness (QED) is 0.157. The molecular weight excluding hydrogens is 603 g/mol. The van der Waals surface area contributed by atoms with E-state index in [4.69, 9.17) is 0 Å². The number of nitrogens with zero attached hydrogens (tertiary/aromatic N) is 1. The van der Waals surface area contributed by atoms with Gasteiger partial charge in [0.25, 0.3) is 0 Å². The first-order valence-corrected chi connectivity index (χ1v) is 17.3. The molecule has 0 atom stereocenters. The van der Waals surface area contributed by atoms with E-state index in [1.165, 1.54) is 61.2 Å². The molecule has 50 heavy (non-hydrogen) atoms. The van der Waals surface area contributed by atoms with Crippen LogP contribution in [0.2, 0.25) is 0 Å². The molecule has 9 rings (SSSR count). The first kappa shape index (κ1) is 29.7. The molecule has 0 N–H and O–H groups in total. The van der Waals surface area contributed by atoms with E-state index in [-0.39, 0.29) is 5.41 Å². The van der Waals surface area contributed by atoms with Crippen molar-refractivity contribution in [2.45, 2.75) is 5.41 Å². The highest BCUT2D eigenvalue weighted by Crippen LogP contribution is 2.58. The Morgan fingerprint density at radius 1 is 0.360 bits per heavy atom. The Hall–Kier alpha value is -6.44. The zero-order chi connectivity index (χ0) is 33.3. The van der Waals surface area contributed by atoms with Crippen molar-refractivity contribution in [3.63, 3.8) is 0 Å². The van der Waals surface area contributed by atoms with Gasteiger partial charge in [0.1, 0.15) is 0 Å². The van der Waals surface area contributed by atoms with Crippen LogP contribution in [0.1, 0.15) is 22.3 Å². The Kier molecular flexibility index (Phi) is 7.44. The molecule has 1 nitrogen and oxygen atoms in total. The number of anilines is 2. The molecule has 2 aliphatic carbocycles. The van der Waals surface area contributed by atoms with Crippen LogP contribution in [0.4, 0.5) is 11.4 Å².